The third-order valence-corrected chi connectivity index (χ3v) is 4.67. The largest absolute Gasteiger partial charge is 0.330 e. The van der Waals surface area contributed by atoms with Gasteiger partial charge < -0.3 is 5.73 Å². The molecule has 2 N–H and O–H groups in total. The van der Waals surface area contributed by atoms with Crippen LogP contribution in [0.4, 0.5) is 0 Å². The normalized spacial score (nSPS) is 11.0. The Bertz CT molecular complexity index is 662. The van der Waals surface area contributed by atoms with E-state index < -0.39 is 0 Å². The molecule has 124 valence electrons. The molecule has 2 aromatic heterocycles. The summed E-state index contributed by atoms with van der Waals surface area (Å²) >= 11 is 0. The monoisotopic (exact) mass is 311 g/mol. The van der Waals surface area contributed by atoms with Gasteiger partial charge in [-0.25, -0.2) is 0 Å². The first-order valence-corrected chi connectivity index (χ1v) is 8.71. The minimum atomic E-state index is 0.705. The van der Waals surface area contributed by atoms with E-state index in [1.54, 1.807) is 0 Å². The predicted molar refractivity (Wildman–Crippen MR) is 97.7 cm³/mol. The molecule has 0 bridgehead atoms. The van der Waals surface area contributed by atoms with Crippen LogP contribution in [-0.2, 0) is 12.8 Å². The first kappa shape index (κ1) is 17.6. The maximum absolute atomic E-state index is 5.74. The Morgan fingerprint density at radius 1 is 1.00 bits per heavy atom. The topological polar surface area (TPSA) is 51.8 Å². The highest BCUT2D eigenvalue weighted by Gasteiger charge is 2.17. The summed E-state index contributed by atoms with van der Waals surface area (Å²) in [6.45, 7) is 9.38. The van der Waals surface area contributed by atoms with Crippen LogP contribution in [0.5, 0.6) is 0 Å². The van der Waals surface area contributed by atoms with Crippen molar-refractivity contribution >= 4 is 0 Å². The first-order chi connectivity index (χ1) is 11.1. The number of aryl methyl sites for hydroxylation is 2. The molecule has 3 heteroatoms. The van der Waals surface area contributed by atoms with Crippen molar-refractivity contribution in [2.75, 3.05) is 6.54 Å². The van der Waals surface area contributed by atoms with Crippen molar-refractivity contribution in [3.8, 4) is 11.4 Å². The van der Waals surface area contributed by atoms with E-state index in [2.05, 4.69) is 38.7 Å². The van der Waals surface area contributed by atoms with Crippen LogP contribution in [0, 0.1) is 20.8 Å². The van der Waals surface area contributed by atoms with E-state index in [1.165, 1.54) is 35.1 Å². The molecule has 0 aliphatic carbocycles. The molecule has 0 saturated carbocycles. The zero-order valence-corrected chi connectivity index (χ0v) is 14.9. The van der Waals surface area contributed by atoms with Gasteiger partial charge in [0.15, 0.2) is 0 Å². The molecule has 3 nitrogen and oxygen atoms in total. The number of pyridine rings is 2. The van der Waals surface area contributed by atoms with Crippen molar-refractivity contribution in [3.05, 3.63) is 46.3 Å². The highest BCUT2D eigenvalue weighted by Crippen LogP contribution is 2.30. The molecule has 23 heavy (non-hydrogen) atoms. The smallest absolute Gasteiger partial charge is 0.0926 e. The minimum absolute atomic E-state index is 0.705. The van der Waals surface area contributed by atoms with Crippen LogP contribution in [0.15, 0.2) is 18.3 Å². The van der Waals surface area contributed by atoms with E-state index >= 15 is 0 Å². The number of nitrogens with zero attached hydrogens (tertiary/aromatic N) is 2. The number of nitrogens with two attached hydrogens (primary N) is 1. The highest BCUT2D eigenvalue weighted by atomic mass is 14.8. The van der Waals surface area contributed by atoms with Gasteiger partial charge in [-0.05, 0) is 81.3 Å². The summed E-state index contributed by atoms with van der Waals surface area (Å²) < 4.78 is 0. The van der Waals surface area contributed by atoms with Gasteiger partial charge in [-0.1, -0.05) is 19.4 Å². The van der Waals surface area contributed by atoms with Crippen LogP contribution in [0.2, 0.25) is 0 Å². The molecular weight excluding hydrogens is 282 g/mol. The van der Waals surface area contributed by atoms with Gasteiger partial charge in [0, 0.05) is 11.9 Å². The van der Waals surface area contributed by atoms with Gasteiger partial charge in [-0.3, -0.25) is 9.97 Å². The van der Waals surface area contributed by atoms with Crippen molar-refractivity contribution in [1.29, 1.82) is 0 Å². The molecule has 2 rings (SSSR count). The lowest BCUT2D eigenvalue weighted by molar-refractivity contribution is 0.791. The second kappa shape index (κ2) is 8.21. The van der Waals surface area contributed by atoms with Crippen molar-refractivity contribution in [2.45, 2.75) is 59.8 Å². The minimum Gasteiger partial charge on any atom is -0.330 e. The molecule has 0 amide bonds. The Balaban J connectivity index is 2.58. The number of rotatable bonds is 7. The first-order valence-electron chi connectivity index (χ1n) is 8.71. The van der Waals surface area contributed by atoms with Crippen LogP contribution < -0.4 is 5.73 Å². The van der Waals surface area contributed by atoms with Crippen LogP contribution in [0.1, 0.15) is 54.1 Å². The average Bonchev–Trinajstić information content (AvgIpc) is 2.57. The summed E-state index contributed by atoms with van der Waals surface area (Å²) in [7, 11) is 0. The standard InChI is InChI=1S/C20H29N3/c1-5-6-9-17-10-8-13-22-19(17)20-18(11-7-12-21)15(3)14(2)16(4)23-20/h8,10,13H,5-7,9,11-12,21H2,1-4H3. The molecule has 0 aliphatic rings. The average molecular weight is 311 g/mol. The Morgan fingerprint density at radius 2 is 1.78 bits per heavy atom. The summed E-state index contributed by atoms with van der Waals surface area (Å²) in [5.41, 5.74) is 14.2. The Kier molecular flexibility index (Phi) is 6.28. The Morgan fingerprint density at radius 3 is 2.48 bits per heavy atom. The summed E-state index contributed by atoms with van der Waals surface area (Å²) in [6.07, 6.45) is 7.26. The van der Waals surface area contributed by atoms with E-state index in [4.69, 9.17) is 10.7 Å². The fraction of sp³-hybridized carbons (Fsp3) is 0.500. The second-order valence-electron chi connectivity index (χ2n) is 6.28. The van der Waals surface area contributed by atoms with Crippen molar-refractivity contribution in [2.24, 2.45) is 5.73 Å². The molecule has 0 spiro atoms. The maximum Gasteiger partial charge on any atom is 0.0926 e. The third kappa shape index (κ3) is 3.97. The van der Waals surface area contributed by atoms with Crippen molar-refractivity contribution in [3.63, 3.8) is 0 Å². The van der Waals surface area contributed by atoms with Crippen LogP contribution in [0.25, 0.3) is 11.4 Å². The zero-order chi connectivity index (χ0) is 16.8. The van der Waals surface area contributed by atoms with Gasteiger partial charge in [-0.15, -0.1) is 0 Å². The SMILES string of the molecule is CCCCc1cccnc1-c1nc(C)c(C)c(C)c1CCCN. The Labute approximate surface area is 140 Å². The molecule has 2 heterocycles. The lowest BCUT2D eigenvalue weighted by Gasteiger charge is -2.17. The molecule has 0 fully saturated rings. The van der Waals surface area contributed by atoms with Gasteiger partial charge in [0.1, 0.15) is 0 Å². The van der Waals surface area contributed by atoms with Crippen molar-refractivity contribution in [1.82, 2.24) is 9.97 Å². The summed E-state index contributed by atoms with van der Waals surface area (Å²) in [5, 5.41) is 0. The fourth-order valence-corrected chi connectivity index (χ4v) is 3.00. The zero-order valence-electron chi connectivity index (χ0n) is 14.9. The second-order valence-corrected chi connectivity index (χ2v) is 6.28. The molecule has 0 unspecified atom stereocenters. The fourth-order valence-electron chi connectivity index (χ4n) is 3.00. The third-order valence-electron chi connectivity index (χ3n) is 4.67. The van der Waals surface area contributed by atoms with Gasteiger partial charge in [-0.2, -0.15) is 0 Å². The molecule has 0 atom stereocenters. The highest BCUT2D eigenvalue weighted by molar-refractivity contribution is 5.65. The van der Waals surface area contributed by atoms with E-state index in [0.717, 1.165) is 36.3 Å². The molecule has 0 radical (unpaired) electrons. The van der Waals surface area contributed by atoms with Crippen LogP contribution >= 0.6 is 0 Å². The lowest BCUT2D eigenvalue weighted by Crippen LogP contribution is -2.08. The van der Waals surface area contributed by atoms with Crippen molar-refractivity contribution < 1.29 is 0 Å². The van der Waals surface area contributed by atoms with Crippen LogP contribution in [-0.4, -0.2) is 16.5 Å². The molecule has 0 aromatic carbocycles. The van der Waals surface area contributed by atoms with E-state index in [0.29, 0.717) is 6.54 Å². The molecular formula is C20H29N3. The number of hydrogen-bond acceptors (Lipinski definition) is 3. The lowest BCUT2D eigenvalue weighted by atomic mass is 9.93. The molecule has 2 aromatic rings. The summed E-state index contributed by atoms with van der Waals surface area (Å²) in [4.78, 5) is 9.61. The van der Waals surface area contributed by atoms with Gasteiger partial charge >= 0.3 is 0 Å². The van der Waals surface area contributed by atoms with Crippen LogP contribution in [0.3, 0.4) is 0 Å². The van der Waals surface area contributed by atoms with Gasteiger partial charge in [0.2, 0.25) is 0 Å². The number of aromatic nitrogens is 2. The summed E-state index contributed by atoms with van der Waals surface area (Å²) in [6, 6.07) is 4.22. The quantitative estimate of drug-likeness (QED) is 0.829. The Hall–Kier alpha value is -1.74. The van der Waals surface area contributed by atoms with E-state index in [-0.39, 0.29) is 0 Å². The summed E-state index contributed by atoms with van der Waals surface area (Å²) in [5.74, 6) is 0. The number of hydrogen-bond donors (Lipinski definition) is 1. The maximum atomic E-state index is 5.74. The van der Waals surface area contributed by atoms with Gasteiger partial charge in [0.25, 0.3) is 0 Å². The molecule has 0 aliphatic heterocycles. The van der Waals surface area contributed by atoms with Gasteiger partial charge in [0.05, 0.1) is 11.4 Å². The molecule has 0 saturated heterocycles. The van der Waals surface area contributed by atoms with E-state index in [1.807, 2.05) is 12.3 Å². The number of unbranched alkanes of at least 4 members (excludes halogenated alkanes) is 1. The predicted octanol–water partition coefficient (Wildman–Crippen LogP) is 4.30. The van der Waals surface area contributed by atoms with E-state index in [9.17, 15) is 0 Å².